The average Bonchev–Trinajstić information content (AvgIpc) is 3.09. The van der Waals surface area contributed by atoms with E-state index >= 15 is 0 Å². The van der Waals surface area contributed by atoms with Gasteiger partial charge in [-0.3, -0.25) is 15.0 Å². The third-order valence-corrected chi connectivity index (χ3v) is 5.42. The number of hydrogen-bond donors (Lipinski definition) is 0. The van der Waals surface area contributed by atoms with Gasteiger partial charge < -0.3 is 4.57 Å². The van der Waals surface area contributed by atoms with Gasteiger partial charge in [-0.15, -0.1) is 0 Å². The number of fused-ring (bicyclic) bond motifs is 1. The molecule has 1 aliphatic heterocycles. The van der Waals surface area contributed by atoms with Gasteiger partial charge in [-0.2, -0.15) is 13.2 Å². The fourth-order valence-corrected chi connectivity index (χ4v) is 4.13. The Hall–Kier alpha value is -3.13. The van der Waals surface area contributed by atoms with Gasteiger partial charge in [-0.05, 0) is 30.2 Å². The Balaban J connectivity index is 1.78. The number of rotatable bonds is 4. The van der Waals surface area contributed by atoms with E-state index in [1.165, 1.54) is 12.1 Å². The molecule has 0 saturated carbocycles. The van der Waals surface area contributed by atoms with E-state index in [4.69, 9.17) is 0 Å². The number of nitro groups is 1. The first-order valence-corrected chi connectivity index (χ1v) is 9.63. The standard InChI is InChI=1S/C22H20F3N3O2/c23-22(24,25)17-7-3-6-16(14-17)15-27-13-5-12-26-11-4-10-20(26)21(27)18-8-1-2-9-19(18)28(29)30/h1-4,6-11,14,21H,5,12-13,15H2. The molecule has 2 aromatic carbocycles. The molecule has 1 aliphatic rings. The molecule has 8 heteroatoms. The first-order valence-electron chi connectivity index (χ1n) is 9.63. The SMILES string of the molecule is O=[N+]([O-])c1ccccc1C1c2cccn2CCCN1Cc1cccc(C(F)(F)F)c1. The highest BCUT2D eigenvalue weighted by Gasteiger charge is 2.33. The van der Waals surface area contributed by atoms with Crippen LogP contribution in [0.5, 0.6) is 0 Å². The third kappa shape index (κ3) is 3.95. The number of aromatic nitrogens is 1. The smallest absolute Gasteiger partial charge is 0.350 e. The average molecular weight is 415 g/mol. The summed E-state index contributed by atoms with van der Waals surface area (Å²) in [7, 11) is 0. The molecule has 0 N–H and O–H groups in total. The summed E-state index contributed by atoms with van der Waals surface area (Å²) in [5.74, 6) is 0. The highest BCUT2D eigenvalue weighted by atomic mass is 19.4. The van der Waals surface area contributed by atoms with Gasteiger partial charge in [0.1, 0.15) is 0 Å². The van der Waals surface area contributed by atoms with Crippen LogP contribution in [0.1, 0.15) is 34.8 Å². The molecule has 156 valence electrons. The zero-order chi connectivity index (χ0) is 21.3. The van der Waals surface area contributed by atoms with E-state index in [0.717, 1.165) is 30.8 Å². The minimum absolute atomic E-state index is 0.00573. The highest BCUT2D eigenvalue weighted by molar-refractivity contribution is 5.46. The zero-order valence-corrected chi connectivity index (χ0v) is 16.0. The van der Waals surface area contributed by atoms with Gasteiger partial charge in [0.25, 0.3) is 5.69 Å². The molecule has 0 aliphatic carbocycles. The molecule has 0 bridgehead atoms. The van der Waals surface area contributed by atoms with E-state index in [0.29, 0.717) is 17.7 Å². The summed E-state index contributed by atoms with van der Waals surface area (Å²) >= 11 is 0. The van der Waals surface area contributed by atoms with Crippen molar-refractivity contribution in [2.24, 2.45) is 0 Å². The summed E-state index contributed by atoms with van der Waals surface area (Å²) in [5.41, 5.74) is 1.27. The number of hydrogen-bond acceptors (Lipinski definition) is 3. The van der Waals surface area contributed by atoms with Gasteiger partial charge in [0, 0.05) is 37.6 Å². The number of aryl methyl sites for hydroxylation is 1. The molecule has 1 atom stereocenters. The lowest BCUT2D eigenvalue weighted by Crippen LogP contribution is -2.30. The summed E-state index contributed by atoms with van der Waals surface area (Å²) in [5, 5.41) is 11.7. The van der Waals surface area contributed by atoms with Crippen molar-refractivity contribution in [3.8, 4) is 0 Å². The Morgan fingerprint density at radius 1 is 1.03 bits per heavy atom. The summed E-state index contributed by atoms with van der Waals surface area (Å²) in [6.45, 7) is 1.61. The molecule has 2 heterocycles. The molecule has 0 saturated heterocycles. The van der Waals surface area contributed by atoms with E-state index in [1.807, 2.05) is 23.2 Å². The van der Waals surface area contributed by atoms with Crippen molar-refractivity contribution in [1.82, 2.24) is 9.47 Å². The van der Waals surface area contributed by atoms with Crippen molar-refractivity contribution in [2.75, 3.05) is 6.54 Å². The predicted molar refractivity (Wildman–Crippen MR) is 106 cm³/mol. The van der Waals surface area contributed by atoms with Crippen LogP contribution in [-0.2, 0) is 19.3 Å². The van der Waals surface area contributed by atoms with Gasteiger partial charge in [0.15, 0.2) is 0 Å². The van der Waals surface area contributed by atoms with E-state index in [-0.39, 0.29) is 12.2 Å². The normalized spacial score (nSPS) is 17.4. The fraction of sp³-hybridized carbons (Fsp3) is 0.273. The molecule has 4 rings (SSSR count). The summed E-state index contributed by atoms with van der Waals surface area (Å²) < 4.78 is 41.5. The van der Waals surface area contributed by atoms with Gasteiger partial charge in [-0.25, -0.2) is 0 Å². The molecular formula is C22H20F3N3O2. The summed E-state index contributed by atoms with van der Waals surface area (Å²) in [6.07, 6.45) is -1.69. The monoisotopic (exact) mass is 415 g/mol. The Morgan fingerprint density at radius 3 is 2.60 bits per heavy atom. The third-order valence-electron chi connectivity index (χ3n) is 5.42. The zero-order valence-electron chi connectivity index (χ0n) is 16.0. The van der Waals surface area contributed by atoms with E-state index < -0.39 is 22.7 Å². The molecule has 3 aromatic rings. The molecule has 0 radical (unpaired) electrons. The van der Waals surface area contributed by atoms with Crippen LogP contribution in [0, 0.1) is 10.1 Å². The van der Waals surface area contributed by atoms with Crippen LogP contribution in [-0.4, -0.2) is 20.9 Å². The van der Waals surface area contributed by atoms with Gasteiger partial charge >= 0.3 is 6.18 Å². The molecule has 0 amide bonds. The maximum Gasteiger partial charge on any atom is 0.416 e. The van der Waals surface area contributed by atoms with Crippen LogP contribution in [0.3, 0.4) is 0 Å². The van der Waals surface area contributed by atoms with Crippen molar-refractivity contribution >= 4 is 5.69 Å². The largest absolute Gasteiger partial charge is 0.416 e. The minimum atomic E-state index is -4.42. The molecule has 5 nitrogen and oxygen atoms in total. The summed E-state index contributed by atoms with van der Waals surface area (Å²) in [6, 6.07) is 15.2. The number of nitro benzene ring substituents is 1. The maximum absolute atomic E-state index is 13.2. The Morgan fingerprint density at radius 2 is 1.83 bits per heavy atom. The van der Waals surface area contributed by atoms with Crippen molar-refractivity contribution < 1.29 is 18.1 Å². The number of para-hydroxylation sites is 1. The quantitative estimate of drug-likeness (QED) is 0.423. The van der Waals surface area contributed by atoms with Gasteiger partial charge in [0.05, 0.1) is 22.1 Å². The van der Waals surface area contributed by atoms with Crippen LogP contribution < -0.4 is 0 Å². The van der Waals surface area contributed by atoms with E-state index in [2.05, 4.69) is 4.57 Å². The highest BCUT2D eigenvalue weighted by Crippen LogP contribution is 2.38. The van der Waals surface area contributed by atoms with E-state index in [1.54, 1.807) is 24.3 Å². The fourth-order valence-electron chi connectivity index (χ4n) is 4.13. The Bertz CT molecular complexity index is 1060. The number of benzene rings is 2. The number of alkyl halides is 3. The lowest BCUT2D eigenvalue weighted by atomic mass is 9.99. The molecule has 0 spiro atoms. The van der Waals surface area contributed by atoms with E-state index in [9.17, 15) is 23.3 Å². The second kappa shape index (κ2) is 7.95. The van der Waals surface area contributed by atoms with Gasteiger partial charge in [-0.1, -0.05) is 36.4 Å². The van der Waals surface area contributed by atoms with Crippen LogP contribution >= 0.6 is 0 Å². The molecule has 1 aromatic heterocycles. The lowest BCUT2D eigenvalue weighted by molar-refractivity contribution is -0.385. The molecule has 0 fully saturated rings. The Kier molecular flexibility index (Phi) is 5.34. The summed E-state index contributed by atoms with van der Waals surface area (Å²) in [4.78, 5) is 13.3. The van der Waals surface area contributed by atoms with Crippen LogP contribution in [0.15, 0.2) is 66.9 Å². The van der Waals surface area contributed by atoms with Crippen LogP contribution in [0.2, 0.25) is 0 Å². The molecule has 1 unspecified atom stereocenters. The van der Waals surface area contributed by atoms with Crippen molar-refractivity contribution in [3.63, 3.8) is 0 Å². The second-order valence-corrected chi connectivity index (χ2v) is 7.37. The Labute approximate surface area is 171 Å². The van der Waals surface area contributed by atoms with Crippen molar-refractivity contribution in [2.45, 2.75) is 31.7 Å². The number of halogens is 3. The maximum atomic E-state index is 13.2. The van der Waals surface area contributed by atoms with Crippen LogP contribution in [0.25, 0.3) is 0 Å². The molecular weight excluding hydrogens is 395 g/mol. The minimum Gasteiger partial charge on any atom is -0.350 e. The first kappa shape index (κ1) is 20.2. The van der Waals surface area contributed by atoms with Crippen molar-refractivity contribution in [3.05, 3.63) is 99.4 Å². The lowest BCUT2D eigenvalue weighted by Gasteiger charge is -2.30. The van der Waals surface area contributed by atoms with Crippen molar-refractivity contribution in [1.29, 1.82) is 0 Å². The van der Waals surface area contributed by atoms with Crippen LogP contribution in [0.4, 0.5) is 18.9 Å². The topological polar surface area (TPSA) is 51.3 Å². The van der Waals surface area contributed by atoms with Gasteiger partial charge in [0.2, 0.25) is 0 Å². The molecule has 30 heavy (non-hydrogen) atoms. The first-order chi connectivity index (χ1) is 14.3. The predicted octanol–water partition coefficient (Wildman–Crippen LogP) is 5.41. The second-order valence-electron chi connectivity index (χ2n) is 7.37. The number of nitrogens with zero attached hydrogens (tertiary/aromatic N) is 3.